The van der Waals surface area contributed by atoms with Gasteiger partial charge < -0.3 is 14.8 Å². The van der Waals surface area contributed by atoms with Gasteiger partial charge in [0.2, 0.25) is 0 Å². The summed E-state index contributed by atoms with van der Waals surface area (Å²) in [5.74, 6) is -0.673. The molecule has 0 unspecified atom stereocenters. The van der Waals surface area contributed by atoms with Crippen LogP contribution in [-0.4, -0.2) is 27.6 Å². The molecule has 9 nitrogen and oxygen atoms in total. The number of hydrogen-bond acceptors (Lipinski definition) is 6. The average Bonchev–Trinajstić information content (AvgIpc) is 2.57. The Morgan fingerprint density at radius 2 is 2.12 bits per heavy atom. The first kappa shape index (κ1) is 18.7. The second-order valence-corrected chi connectivity index (χ2v) is 5.46. The highest BCUT2D eigenvalue weighted by Gasteiger charge is 2.21. The monoisotopic (exact) mass is 357 g/mol. The molecule has 0 saturated carbocycles. The maximum atomic E-state index is 12.0. The summed E-state index contributed by atoms with van der Waals surface area (Å²) in [6.07, 6.45) is 0.209. The maximum Gasteiger partial charge on any atom is 0.303 e. The minimum Gasteiger partial charge on any atom is -0.494 e. The number of nitro benzene ring substituents is 1. The Hall–Kier alpha value is -3.67. The minimum atomic E-state index is -0.948. The summed E-state index contributed by atoms with van der Waals surface area (Å²) < 4.78 is 5.43. The summed E-state index contributed by atoms with van der Waals surface area (Å²) >= 11 is 0. The highest BCUT2D eigenvalue weighted by atomic mass is 16.6. The van der Waals surface area contributed by atoms with E-state index in [1.54, 1.807) is 13.0 Å². The number of ether oxygens (including phenoxy) is 1. The largest absolute Gasteiger partial charge is 0.494 e. The van der Waals surface area contributed by atoms with Crippen LogP contribution in [-0.2, 0) is 4.79 Å². The molecular weight excluding hydrogens is 342 g/mol. The van der Waals surface area contributed by atoms with Gasteiger partial charge in [-0.3, -0.25) is 19.7 Å². The molecule has 9 heteroatoms. The van der Waals surface area contributed by atoms with Crippen LogP contribution >= 0.6 is 0 Å². The van der Waals surface area contributed by atoms with Crippen molar-refractivity contribution in [2.45, 2.75) is 19.8 Å². The second kappa shape index (κ2) is 7.94. The molecule has 0 aliphatic carbocycles. The molecule has 0 saturated heterocycles. The third kappa shape index (κ3) is 4.24. The zero-order chi connectivity index (χ0) is 19.3. The van der Waals surface area contributed by atoms with Gasteiger partial charge in [0.15, 0.2) is 0 Å². The Bertz CT molecular complexity index is 958. The third-order valence-corrected chi connectivity index (χ3v) is 3.54. The number of carboxylic acid groups (broad SMARTS) is 1. The normalized spacial score (nSPS) is 10.2. The van der Waals surface area contributed by atoms with E-state index in [0.717, 1.165) is 0 Å². The average molecular weight is 357 g/mol. The van der Waals surface area contributed by atoms with E-state index in [-0.39, 0.29) is 47.6 Å². The van der Waals surface area contributed by atoms with Crippen molar-refractivity contribution in [3.05, 3.63) is 56.0 Å². The number of carboxylic acids is 1. The molecule has 1 aromatic carbocycles. The van der Waals surface area contributed by atoms with Crippen molar-refractivity contribution < 1.29 is 19.6 Å². The number of nitro groups is 1. The summed E-state index contributed by atoms with van der Waals surface area (Å²) in [7, 11) is 0. The van der Waals surface area contributed by atoms with Crippen molar-refractivity contribution in [1.82, 2.24) is 4.98 Å². The number of aliphatic carboxylic acids is 1. The molecule has 1 aromatic heterocycles. The number of rotatable bonds is 7. The quantitative estimate of drug-likeness (QED) is 0.439. The van der Waals surface area contributed by atoms with Crippen LogP contribution in [0.3, 0.4) is 0 Å². The lowest BCUT2D eigenvalue weighted by Crippen LogP contribution is -2.13. The van der Waals surface area contributed by atoms with Crippen LogP contribution in [0.5, 0.6) is 5.75 Å². The van der Waals surface area contributed by atoms with Gasteiger partial charge in [0.05, 0.1) is 17.1 Å². The van der Waals surface area contributed by atoms with Gasteiger partial charge in [-0.05, 0) is 31.5 Å². The number of nitrogens with one attached hydrogen (secondary N) is 1. The predicted molar refractivity (Wildman–Crippen MR) is 91.0 cm³/mol. The number of nitrogens with zero attached hydrogens (tertiary/aromatic N) is 2. The van der Waals surface area contributed by atoms with E-state index >= 15 is 0 Å². The summed E-state index contributed by atoms with van der Waals surface area (Å²) in [4.78, 5) is 35.7. The standard InChI is InChI=1S/C17H15N3O6/c1-10-7-12(14(9-18)17(23)19-10)13-8-11(4-5-15(13)20(24)25)26-6-2-3-16(21)22/h4-5,7-8H,2-3,6H2,1H3,(H,19,23)(H,21,22). The molecule has 2 rings (SSSR count). The Labute approximate surface area is 147 Å². The predicted octanol–water partition coefficient (Wildman–Crippen LogP) is 2.37. The first-order valence-electron chi connectivity index (χ1n) is 7.61. The summed E-state index contributed by atoms with van der Waals surface area (Å²) in [5.41, 5.74) is -0.477. The summed E-state index contributed by atoms with van der Waals surface area (Å²) in [5, 5.41) is 29.2. The van der Waals surface area contributed by atoms with E-state index in [1.165, 1.54) is 24.3 Å². The van der Waals surface area contributed by atoms with Crippen molar-refractivity contribution in [3.8, 4) is 22.9 Å². The molecule has 26 heavy (non-hydrogen) atoms. The molecule has 0 spiro atoms. The first-order chi connectivity index (χ1) is 12.3. The molecule has 2 aromatic rings. The zero-order valence-corrected chi connectivity index (χ0v) is 13.8. The fourth-order valence-corrected chi connectivity index (χ4v) is 2.41. The topological polar surface area (TPSA) is 146 Å². The molecule has 0 bridgehead atoms. The third-order valence-electron chi connectivity index (χ3n) is 3.54. The Morgan fingerprint density at radius 3 is 2.73 bits per heavy atom. The Balaban J connectivity index is 2.48. The maximum absolute atomic E-state index is 12.0. The number of aromatic amines is 1. The van der Waals surface area contributed by atoms with Gasteiger partial charge in [0, 0.05) is 23.7 Å². The SMILES string of the molecule is Cc1cc(-c2cc(OCCCC(=O)O)ccc2[N+](=O)[O-])c(C#N)c(=O)[nH]1. The van der Waals surface area contributed by atoms with E-state index in [1.807, 2.05) is 0 Å². The Kier molecular flexibility index (Phi) is 5.70. The molecular formula is C17H15N3O6. The molecule has 0 aliphatic heterocycles. The van der Waals surface area contributed by atoms with E-state index < -0.39 is 16.5 Å². The van der Waals surface area contributed by atoms with E-state index in [0.29, 0.717) is 5.69 Å². The lowest BCUT2D eigenvalue weighted by Gasteiger charge is -2.10. The molecule has 0 atom stereocenters. The molecule has 0 fully saturated rings. The number of hydrogen-bond donors (Lipinski definition) is 2. The highest BCUT2D eigenvalue weighted by molar-refractivity contribution is 5.79. The molecule has 1 heterocycles. The van der Waals surface area contributed by atoms with Gasteiger partial charge in [-0.15, -0.1) is 0 Å². The van der Waals surface area contributed by atoms with Crippen LogP contribution in [0.4, 0.5) is 5.69 Å². The smallest absolute Gasteiger partial charge is 0.303 e. The number of nitriles is 1. The van der Waals surface area contributed by atoms with Crippen molar-refractivity contribution in [1.29, 1.82) is 5.26 Å². The lowest BCUT2D eigenvalue weighted by atomic mass is 9.99. The van der Waals surface area contributed by atoms with Crippen LogP contribution in [0, 0.1) is 28.4 Å². The molecule has 134 valence electrons. The van der Waals surface area contributed by atoms with E-state index in [4.69, 9.17) is 9.84 Å². The van der Waals surface area contributed by atoms with Crippen molar-refractivity contribution in [2.75, 3.05) is 6.61 Å². The van der Waals surface area contributed by atoms with Crippen molar-refractivity contribution in [3.63, 3.8) is 0 Å². The summed E-state index contributed by atoms with van der Waals surface area (Å²) in [6.45, 7) is 1.72. The molecule has 0 radical (unpaired) electrons. The number of aryl methyl sites for hydroxylation is 1. The van der Waals surface area contributed by atoms with Crippen LogP contribution in [0.1, 0.15) is 24.1 Å². The van der Waals surface area contributed by atoms with Crippen LogP contribution in [0.15, 0.2) is 29.1 Å². The number of benzene rings is 1. The van der Waals surface area contributed by atoms with Crippen LogP contribution < -0.4 is 10.3 Å². The number of H-pyrrole nitrogens is 1. The van der Waals surface area contributed by atoms with E-state index in [2.05, 4.69) is 4.98 Å². The Morgan fingerprint density at radius 1 is 1.38 bits per heavy atom. The van der Waals surface area contributed by atoms with Gasteiger partial charge in [0.25, 0.3) is 11.2 Å². The van der Waals surface area contributed by atoms with Crippen LogP contribution in [0.25, 0.3) is 11.1 Å². The van der Waals surface area contributed by atoms with Gasteiger partial charge in [-0.1, -0.05) is 0 Å². The van der Waals surface area contributed by atoms with Crippen molar-refractivity contribution in [2.24, 2.45) is 0 Å². The molecule has 0 aliphatic rings. The lowest BCUT2D eigenvalue weighted by molar-refractivity contribution is -0.384. The second-order valence-electron chi connectivity index (χ2n) is 5.46. The van der Waals surface area contributed by atoms with Crippen molar-refractivity contribution >= 4 is 11.7 Å². The number of carbonyl (C=O) groups is 1. The highest BCUT2D eigenvalue weighted by Crippen LogP contribution is 2.34. The van der Waals surface area contributed by atoms with Gasteiger partial charge in [-0.2, -0.15) is 5.26 Å². The molecule has 2 N–H and O–H groups in total. The number of aromatic nitrogens is 1. The summed E-state index contributed by atoms with van der Waals surface area (Å²) in [6, 6.07) is 7.22. The van der Waals surface area contributed by atoms with Gasteiger partial charge in [0.1, 0.15) is 17.4 Å². The van der Waals surface area contributed by atoms with E-state index in [9.17, 15) is 25.0 Å². The fourth-order valence-electron chi connectivity index (χ4n) is 2.41. The molecule has 0 amide bonds. The first-order valence-corrected chi connectivity index (χ1v) is 7.61. The van der Waals surface area contributed by atoms with Gasteiger partial charge >= 0.3 is 5.97 Å². The van der Waals surface area contributed by atoms with Gasteiger partial charge in [-0.25, -0.2) is 0 Å². The number of pyridine rings is 1. The minimum absolute atomic E-state index is 0.0638. The fraction of sp³-hybridized carbons (Fsp3) is 0.235. The van der Waals surface area contributed by atoms with Crippen LogP contribution in [0.2, 0.25) is 0 Å². The zero-order valence-electron chi connectivity index (χ0n) is 13.8.